The molecule has 2 aromatic carbocycles. The predicted octanol–water partition coefficient (Wildman–Crippen LogP) is 3.70. The number of nitrogens with two attached hydrogens (primary N) is 2. The fourth-order valence-electron chi connectivity index (χ4n) is 2.18. The summed E-state index contributed by atoms with van der Waals surface area (Å²) in [6.45, 7) is 0. The number of nitrogens with zero attached hydrogens (tertiary/aromatic N) is 2. The zero-order valence-corrected chi connectivity index (χ0v) is 12.2. The Labute approximate surface area is 129 Å². The summed E-state index contributed by atoms with van der Waals surface area (Å²) >= 11 is 7.53. The van der Waals surface area contributed by atoms with Crippen LogP contribution in [0.1, 0.15) is 0 Å². The second kappa shape index (κ2) is 4.41. The first-order chi connectivity index (χ1) is 10.1. The molecule has 0 saturated heterocycles. The number of aromatic nitrogens is 2. The topological polar surface area (TPSA) is 90.3 Å². The van der Waals surface area contributed by atoms with Crippen molar-refractivity contribution in [1.29, 1.82) is 0 Å². The van der Waals surface area contributed by atoms with Gasteiger partial charge in [-0.3, -0.25) is 0 Å². The van der Waals surface area contributed by atoms with Gasteiger partial charge >= 0.3 is 0 Å². The van der Waals surface area contributed by atoms with Crippen molar-refractivity contribution < 1.29 is 4.74 Å². The summed E-state index contributed by atoms with van der Waals surface area (Å²) in [5.41, 5.74) is 12.3. The van der Waals surface area contributed by atoms with E-state index in [-0.39, 0.29) is 5.95 Å². The van der Waals surface area contributed by atoms with Crippen LogP contribution in [0.3, 0.4) is 0 Å². The average Bonchev–Trinajstić information content (AvgIpc) is 3.23. The van der Waals surface area contributed by atoms with E-state index < -0.39 is 0 Å². The van der Waals surface area contributed by atoms with Crippen LogP contribution in [-0.2, 0) is 0 Å². The van der Waals surface area contributed by atoms with E-state index in [1.54, 1.807) is 11.8 Å². The maximum absolute atomic E-state index is 5.99. The Kier molecular flexibility index (Phi) is 2.63. The average molecular weight is 317 g/mol. The lowest BCUT2D eigenvalue weighted by Crippen LogP contribution is -2.01. The Morgan fingerprint density at radius 2 is 1.86 bits per heavy atom. The molecule has 0 fully saturated rings. The van der Waals surface area contributed by atoms with Crippen LogP contribution in [0, 0.1) is 0 Å². The number of hydrogen-bond donors (Lipinski definition) is 2. The molecule has 0 aliphatic carbocycles. The van der Waals surface area contributed by atoms with Crippen molar-refractivity contribution in [2.45, 2.75) is 9.79 Å². The highest BCUT2D eigenvalue weighted by atomic mass is 35.5. The number of halogens is 1. The molecule has 1 aromatic heterocycles. The normalized spacial score (nSPS) is 12.0. The molecule has 0 atom stereocenters. The molecule has 21 heavy (non-hydrogen) atoms. The molecule has 1 aliphatic heterocycles. The SMILES string of the molecule is Nc1nc(N)c2c(Sc3ccc(Cl)c4c3O4)cccc2n1. The van der Waals surface area contributed by atoms with Gasteiger partial charge in [-0.2, -0.15) is 4.98 Å². The van der Waals surface area contributed by atoms with Gasteiger partial charge in [-0.05, 0) is 24.3 Å². The number of benzene rings is 2. The van der Waals surface area contributed by atoms with E-state index >= 15 is 0 Å². The maximum Gasteiger partial charge on any atom is 0.222 e. The van der Waals surface area contributed by atoms with E-state index in [0.717, 1.165) is 32.2 Å². The molecule has 104 valence electrons. The highest BCUT2D eigenvalue weighted by molar-refractivity contribution is 7.99. The number of nitrogen functional groups attached to an aromatic ring is 2. The molecule has 3 aromatic rings. The molecular weight excluding hydrogens is 308 g/mol. The molecule has 1 aliphatic rings. The molecular formula is C14H9ClN4OS. The molecule has 4 rings (SSSR count). The van der Waals surface area contributed by atoms with Gasteiger partial charge in [0.1, 0.15) is 5.82 Å². The highest BCUT2D eigenvalue weighted by Gasteiger charge is 2.29. The Morgan fingerprint density at radius 1 is 1.00 bits per heavy atom. The summed E-state index contributed by atoms with van der Waals surface area (Å²) in [6, 6.07) is 9.47. The molecule has 5 nitrogen and oxygen atoms in total. The van der Waals surface area contributed by atoms with Crippen molar-refractivity contribution in [1.82, 2.24) is 9.97 Å². The number of rotatable bonds is 2. The van der Waals surface area contributed by atoms with Crippen LogP contribution in [0.25, 0.3) is 10.9 Å². The second-order valence-corrected chi connectivity index (χ2v) is 6.02. The number of fused-ring (bicyclic) bond motifs is 2. The van der Waals surface area contributed by atoms with Crippen molar-refractivity contribution in [2.24, 2.45) is 0 Å². The van der Waals surface area contributed by atoms with Crippen molar-refractivity contribution in [3.05, 3.63) is 35.4 Å². The lowest BCUT2D eigenvalue weighted by Gasteiger charge is -2.07. The Bertz CT molecular complexity index is 900. The standard InChI is InChI=1S/C14H9ClN4OS/c15-6-4-5-9(12-11(6)20-12)21-8-3-1-2-7-10(8)13(16)19-14(17)18-7/h1-5H,(H4,16,17,18,19). The van der Waals surface area contributed by atoms with Gasteiger partial charge in [0.05, 0.1) is 20.8 Å². The van der Waals surface area contributed by atoms with Gasteiger partial charge in [0, 0.05) is 4.90 Å². The van der Waals surface area contributed by atoms with E-state index in [0.29, 0.717) is 10.8 Å². The van der Waals surface area contributed by atoms with Crippen LogP contribution in [-0.4, -0.2) is 9.97 Å². The molecule has 0 amide bonds. The van der Waals surface area contributed by atoms with Crippen molar-refractivity contribution >= 4 is 46.0 Å². The zero-order chi connectivity index (χ0) is 14.6. The van der Waals surface area contributed by atoms with Crippen LogP contribution in [0.15, 0.2) is 40.1 Å². The molecule has 2 heterocycles. The minimum absolute atomic E-state index is 0.171. The first kappa shape index (κ1) is 12.6. The fraction of sp³-hybridized carbons (Fsp3) is 0. The molecule has 0 spiro atoms. The molecule has 0 saturated carbocycles. The van der Waals surface area contributed by atoms with Gasteiger partial charge in [0.2, 0.25) is 5.95 Å². The number of anilines is 2. The van der Waals surface area contributed by atoms with Gasteiger partial charge in [-0.25, -0.2) is 4.98 Å². The predicted molar refractivity (Wildman–Crippen MR) is 84.0 cm³/mol. The lowest BCUT2D eigenvalue weighted by atomic mass is 10.2. The first-order valence-corrected chi connectivity index (χ1v) is 7.33. The van der Waals surface area contributed by atoms with Crippen LogP contribution in [0.4, 0.5) is 11.8 Å². The second-order valence-electron chi connectivity index (χ2n) is 4.53. The van der Waals surface area contributed by atoms with Gasteiger partial charge < -0.3 is 16.2 Å². The minimum atomic E-state index is 0.171. The van der Waals surface area contributed by atoms with Crippen molar-refractivity contribution in [3.8, 4) is 11.5 Å². The molecule has 0 unspecified atom stereocenters. The van der Waals surface area contributed by atoms with E-state index in [1.165, 1.54) is 0 Å². The van der Waals surface area contributed by atoms with Gasteiger partial charge in [0.25, 0.3) is 0 Å². The monoisotopic (exact) mass is 316 g/mol. The first-order valence-electron chi connectivity index (χ1n) is 6.13. The Hall–Kier alpha value is -2.18. The molecule has 0 bridgehead atoms. The third kappa shape index (κ3) is 2.03. The highest BCUT2D eigenvalue weighted by Crippen LogP contribution is 2.57. The maximum atomic E-state index is 5.99. The summed E-state index contributed by atoms with van der Waals surface area (Å²) in [6.07, 6.45) is 0. The summed E-state index contributed by atoms with van der Waals surface area (Å²) in [5, 5.41) is 1.42. The quantitative estimate of drug-likeness (QED) is 0.548. The lowest BCUT2D eigenvalue weighted by molar-refractivity contribution is 0.641. The third-order valence-corrected chi connectivity index (χ3v) is 4.54. The van der Waals surface area contributed by atoms with Crippen LogP contribution < -0.4 is 16.2 Å². The Morgan fingerprint density at radius 3 is 2.71 bits per heavy atom. The summed E-state index contributed by atoms with van der Waals surface area (Å²) in [7, 11) is 0. The third-order valence-electron chi connectivity index (χ3n) is 3.14. The summed E-state index contributed by atoms with van der Waals surface area (Å²) in [5.74, 6) is 2.11. The minimum Gasteiger partial charge on any atom is -0.447 e. The van der Waals surface area contributed by atoms with Gasteiger partial charge in [-0.15, -0.1) is 0 Å². The fourth-order valence-corrected chi connectivity index (χ4v) is 3.42. The number of ether oxygens (including phenoxy) is 1. The van der Waals surface area contributed by atoms with Crippen LogP contribution in [0.5, 0.6) is 11.5 Å². The largest absolute Gasteiger partial charge is 0.447 e. The van der Waals surface area contributed by atoms with Crippen LogP contribution >= 0.6 is 23.4 Å². The zero-order valence-electron chi connectivity index (χ0n) is 10.6. The van der Waals surface area contributed by atoms with Crippen molar-refractivity contribution in [3.63, 3.8) is 0 Å². The van der Waals surface area contributed by atoms with E-state index in [4.69, 9.17) is 27.8 Å². The molecule has 7 heteroatoms. The van der Waals surface area contributed by atoms with Crippen molar-refractivity contribution in [2.75, 3.05) is 11.5 Å². The summed E-state index contributed by atoms with van der Waals surface area (Å²) < 4.78 is 5.40. The molecule has 0 radical (unpaired) electrons. The summed E-state index contributed by atoms with van der Waals surface area (Å²) in [4.78, 5) is 10.2. The van der Waals surface area contributed by atoms with Gasteiger partial charge in [0.15, 0.2) is 11.5 Å². The number of hydrogen-bond acceptors (Lipinski definition) is 6. The molecule has 4 N–H and O–H groups in total. The van der Waals surface area contributed by atoms with E-state index in [9.17, 15) is 0 Å². The van der Waals surface area contributed by atoms with Gasteiger partial charge in [-0.1, -0.05) is 29.4 Å². The van der Waals surface area contributed by atoms with E-state index in [1.807, 2.05) is 30.3 Å². The smallest absolute Gasteiger partial charge is 0.222 e. The van der Waals surface area contributed by atoms with Crippen LogP contribution in [0.2, 0.25) is 5.02 Å². The Balaban J connectivity index is 1.84. The van der Waals surface area contributed by atoms with E-state index in [2.05, 4.69) is 9.97 Å².